The molecule has 3 nitrogen and oxygen atoms in total. The van der Waals surface area contributed by atoms with Crippen molar-refractivity contribution in [3.05, 3.63) is 23.8 Å². The van der Waals surface area contributed by atoms with Crippen molar-refractivity contribution in [1.29, 1.82) is 0 Å². The van der Waals surface area contributed by atoms with Crippen LogP contribution in [-0.2, 0) is 0 Å². The van der Waals surface area contributed by atoms with Gasteiger partial charge in [-0.25, -0.2) is 0 Å². The van der Waals surface area contributed by atoms with Crippen LogP contribution < -0.4 is 9.47 Å². The zero-order valence-corrected chi connectivity index (χ0v) is 7.87. The molecule has 1 aromatic rings. The lowest BCUT2D eigenvalue weighted by atomic mass is 10.1. The highest BCUT2D eigenvalue weighted by Crippen LogP contribution is 2.50. The number of hydrogen-bond acceptors (Lipinski definition) is 3. The highest BCUT2D eigenvalue weighted by molar-refractivity contribution is 6.09. The Kier molecular flexibility index (Phi) is 1.29. The molecule has 1 aliphatic heterocycles. The van der Waals surface area contributed by atoms with Gasteiger partial charge < -0.3 is 9.47 Å². The second kappa shape index (κ2) is 2.29. The SMILES string of the molecule is COc1ccc2c(c1)OC1(CC1)C2=O. The molecule has 3 rings (SSSR count). The normalized spacial score (nSPS) is 20.5. The first-order chi connectivity index (χ1) is 6.75. The third kappa shape index (κ3) is 0.842. The summed E-state index contributed by atoms with van der Waals surface area (Å²) < 4.78 is 10.7. The Hall–Kier alpha value is -1.51. The summed E-state index contributed by atoms with van der Waals surface area (Å²) in [6.07, 6.45) is 1.70. The largest absolute Gasteiger partial charge is 0.497 e. The molecule has 0 unspecified atom stereocenters. The molecule has 1 spiro atoms. The van der Waals surface area contributed by atoms with E-state index in [-0.39, 0.29) is 5.78 Å². The van der Waals surface area contributed by atoms with E-state index in [1.54, 1.807) is 25.3 Å². The molecule has 0 amide bonds. The van der Waals surface area contributed by atoms with Gasteiger partial charge in [-0.15, -0.1) is 0 Å². The Morgan fingerprint density at radius 1 is 1.43 bits per heavy atom. The molecule has 1 fully saturated rings. The van der Waals surface area contributed by atoms with E-state index in [9.17, 15) is 4.79 Å². The number of carbonyl (C=O) groups is 1. The Balaban J connectivity index is 2.09. The van der Waals surface area contributed by atoms with Crippen LogP contribution in [0.4, 0.5) is 0 Å². The van der Waals surface area contributed by atoms with Crippen molar-refractivity contribution in [2.75, 3.05) is 7.11 Å². The lowest BCUT2D eigenvalue weighted by Crippen LogP contribution is -2.21. The maximum absolute atomic E-state index is 11.8. The number of ether oxygens (including phenoxy) is 2. The highest BCUT2D eigenvalue weighted by Gasteiger charge is 2.57. The van der Waals surface area contributed by atoms with Crippen molar-refractivity contribution in [3.63, 3.8) is 0 Å². The molecule has 14 heavy (non-hydrogen) atoms. The van der Waals surface area contributed by atoms with Crippen LogP contribution >= 0.6 is 0 Å². The lowest BCUT2D eigenvalue weighted by molar-refractivity contribution is 0.0820. The Bertz CT molecular complexity index is 419. The van der Waals surface area contributed by atoms with Crippen LogP contribution in [0.2, 0.25) is 0 Å². The maximum atomic E-state index is 11.8. The van der Waals surface area contributed by atoms with Crippen molar-refractivity contribution >= 4 is 5.78 Å². The summed E-state index contributed by atoms with van der Waals surface area (Å²) in [5.41, 5.74) is 0.206. The van der Waals surface area contributed by atoms with Gasteiger partial charge in [-0.3, -0.25) is 4.79 Å². The van der Waals surface area contributed by atoms with Gasteiger partial charge in [-0.1, -0.05) is 0 Å². The van der Waals surface area contributed by atoms with E-state index in [1.807, 2.05) is 0 Å². The Morgan fingerprint density at radius 2 is 2.21 bits per heavy atom. The number of ketones is 1. The number of fused-ring (bicyclic) bond motifs is 1. The maximum Gasteiger partial charge on any atom is 0.210 e. The van der Waals surface area contributed by atoms with Crippen molar-refractivity contribution in [3.8, 4) is 11.5 Å². The molecule has 3 heteroatoms. The molecule has 0 atom stereocenters. The standard InChI is InChI=1S/C11H10O3/c1-13-7-2-3-8-9(6-7)14-11(4-5-11)10(8)12/h2-3,6H,4-5H2,1H3. The quantitative estimate of drug-likeness (QED) is 0.677. The molecule has 0 N–H and O–H groups in total. The van der Waals surface area contributed by atoms with Crippen LogP contribution in [0.1, 0.15) is 23.2 Å². The van der Waals surface area contributed by atoms with E-state index in [1.165, 1.54) is 0 Å². The van der Waals surface area contributed by atoms with Gasteiger partial charge in [0.15, 0.2) is 5.60 Å². The molecule has 0 aromatic heterocycles. The van der Waals surface area contributed by atoms with Gasteiger partial charge in [-0.05, 0) is 25.0 Å². The van der Waals surface area contributed by atoms with E-state index < -0.39 is 5.60 Å². The van der Waals surface area contributed by atoms with Crippen molar-refractivity contribution < 1.29 is 14.3 Å². The monoisotopic (exact) mass is 190 g/mol. The van der Waals surface area contributed by atoms with Gasteiger partial charge in [-0.2, -0.15) is 0 Å². The molecule has 72 valence electrons. The van der Waals surface area contributed by atoms with Gasteiger partial charge in [0.2, 0.25) is 5.78 Å². The zero-order valence-electron chi connectivity index (χ0n) is 7.87. The van der Waals surface area contributed by atoms with E-state index in [0.29, 0.717) is 11.3 Å². The van der Waals surface area contributed by atoms with Crippen LogP contribution in [0, 0.1) is 0 Å². The Labute approximate surface area is 81.6 Å². The zero-order chi connectivity index (χ0) is 9.76. The van der Waals surface area contributed by atoms with E-state index >= 15 is 0 Å². The Morgan fingerprint density at radius 3 is 2.86 bits per heavy atom. The van der Waals surface area contributed by atoms with Gasteiger partial charge in [0.1, 0.15) is 11.5 Å². The molecule has 0 radical (unpaired) electrons. The average molecular weight is 190 g/mol. The molecule has 1 heterocycles. The predicted molar refractivity (Wildman–Crippen MR) is 49.9 cm³/mol. The second-order valence-electron chi connectivity index (χ2n) is 3.79. The van der Waals surface area contributed by atoms with Gasteiger partial charge in [0.05, 0.1) is 12.7 Å². The molecule has 2 aliphatic rings. The summed E-state index contributed by atoms with van der Waals surface area (Å²) in [5, 5.41) is 0. The fourth-order valence-electron chi connectivity index (χ4n) is 1.85. The topological polar surface area (TPSA) is 35.5 Å². The van der Waals surface area contributed by atoms with Crippen LogP contribution in [0.25, 0.3) is 0 Å². The number of carbonyl (C=O) groups excluding carboxylic acids is 1. The first-order valence-corrected chi connectivity index (χ1v) is 4.67. The third-order valence-electron chi connectivity index (χ3n) is 2.86. The molecule has 0 saturated heterocycles. The smallest absolute Gasteiger partial charge is 0.210 e. The fraction of sp³-hybridized carbons (Fsp3) is 0.364. The van der Waals surface area contributed by atoms with Crippen LogP contribution in [-0.4, -0.2) is 18.5 Å². The van der Waals surface area contributed by atoms with Crippen molar-refractivity contribution in [1.82, 2.24) is 0 Å². The molecule has 1 aliphatic carbocycles. The predicted octanol–water partition coefficient (Wildman–Crippen LogP) is 1.80. The number of rotatable bonds is 1. The summed E-state index contributed by atoms with van der Waals surface area (Å²) in [6, 6.07) is 5.35. The number of benzene rings is 1. The fourth-order valence-corrected chi connectivity index (χ4v) is 1.85. The van der Waals surface area contributed by atoms with Crippen molar-refractivity contribution in [2.24, 2.45) is 0 Å². The molecule has 0 bridgehead atoms. The first-order valence-electron chi connectivity index (χ1n) is 4.67. The number of methoxy groups -OCH3 is 1. The van der Waals surface area contributed by atoms with Gasteiger partial charge in [0.25, 0.3) is 0 Å². The molecule has 1 aromatic carbocycles. The summed E-state index contributed by atoms with van der Waals surface area (Å²) >= 11 is 0. The van der Waals surface area contributed by atoms with Crippen LogP contribution in [0.5, 0.6) is 11.5 Å². The number of hydrogen-bond donors (Lipinski definition) is 0. The third-order valence-corrected chi connectivity index (χ3v) is 2.86. The summed E-state index contributed by atoms with van der Waals surface area (Å²) in [5.74, 6) is 1.54. The van der Waals surface area contributed by atoms with Crippen LogP contribution in [0.3, 0.4) is 0 Å². The van der Waals surface area contributed by atoms with Crippen molar-refractivity contribution in [2.45, 2.75) is 18.4 Å². The van der Waals surface area contributed by atoms with Gasteiger partial charge in [0, 0.05) is 6.07 Å². The second-order valence-corrected chi connectivity index (χ2v) is 3.79. The summed E-state index contributed by atoms with van der Waals surface area (Å²) in [7, 11) is 1.60. The minimum absolute atomic E-state index is 0.134. The van der Waals surface area contributed by atoms with Crippen LogP contribution in [0.15, 0.2) is 18.2 Å². The molecule has 1 saturated carbocycles. The highest BCUT2D eigenvalue weighted by atomic mass is 16.5. The summed E-state index contributed by atoms with van der Waals surface area (Å²) in [6.45, 7) is 0. The van der Waals surface area contributed by atoms with E-state index in [0.717, 1.165) is 18.6 Å². The summed E-state index contributed by atoms with van der Waals surface area (Å²) in [4.78, 5) is 11.8. The van der Waals surface area contributed by atoms with Gasteiger partial charge >= 0.3 is 0 Å². The average Bonchev–Trinajstić information content (AvgIpc) is 2.92. The lowest BCUT2D eigenvalue weighted by Gasteiger charge is -2.04. The molecular formula is C11H10O3. The number of Topliss-reactive ketones (excluding diaryl/α,β-unsaturated/α-hetero) is 1. The minimum Gasteiger partial charge on any atom is -0.497 e. The molecular weight excluding hydrogens is 180 g/mol. The van der Waals surface area contributed by atoms with E-state index in [4.69, 9.17) is 9.47 Å². The minimum atomic E-state index is -0.491. The first kappa shape index (κ1) is 7.85. The van der Waals surface area contributed by atoms with E-state index in [2.05, 4.69) is 0 Å².